The Hall–Kier alpha value is -3.81. The molecule has 2 heterocycles. The minimum atomic E-state index is -1.39. The first-order chi connectivity index (χ1) is 15.8. The van der Waals surface area contributed by atoms with Crippen LogP contribution in [0.2, 0.25) is 0 Å². The smallest absolute Gasteiger partial charge is 0.338 e. The molecule has 33 heavy (non-hydrogen) atoms. The minimum absolute atomic E-state index is 0.0178. The van der Waals surface area contributed by atoms with E-state index >= 15 is 0 Å². The molecule has 8 heteroatoms. The van der Waals surface area contributed by atoms with Gasteiger partial charge in [0, 0.05) is 30.6 Å². The summed E-state index contributed by atoms with van der Waals surface area (Å²) in [5.74, 6) is -1.42. The van der Waals surface area contributed by atoms with E-state index in [0.717, 1.165) is 29.4 Å². The van der Waals surface area contributed by atoms with Gasteiger partial charge in [-0.15, -0.1) is 0 Å². The summed E-state index contributed by atoms with van der Waals surface area (Å²) >= 11 is 0. The number of nitrogens with zero attached hydrogens (tertiary/aromatic N) is 3. The van der Waals surface area contributed by atoms with Crippen molar-refractivity contribution in [2.75, 3.05) is 6.54 Å². The molecule has 1 N–H and O–H groups in total. The largest absolute Gasteiger partial charge is 0.478 e. The highest BCUT2D eigenvalue weighted by molar-refractivity contribution is 5.88. The van der Waals surface area contributed by atoms with Crippen LogP contribution in [0.25, 0.3) is 11.3 Å². The Morgan fingerprint density at radius 2 is 1.94 bits per heavy atom. The van der Waals surface area contributed by atoms with Crippen LogP contribution in [0.3, 0.4) is 0 Å². The van der Waals surface area contributed by atoms with Crippen molar-refractivity contribution in [3.8, 4) is 22.8 Å². The van der Waals surface area contributed by atoms with E-state index in [2.05, 4.69) is 10.2 Å². The number of likely N-dealkylation sites (tertiary alicyclic amines) is 1. The van der Waals surface area contributed by atoms with Crippen molar-refractivity contribution >= 4 is 11.9 Å². The van der Waals surface area contributed by atoms with Crippen LogP contribution in [0.4, 0.5) is 4.39 Å². The van der Waals surface area contributed by atoms with E-state index in [1.807, 2.05) is 38.1 Å². The summed E-state index contributed by atoms with van der Waals surface area (Å²) in [6.45, 7) is 4.69. The number of ether oxygens (including phenoxy) is 1. The zero-order chi connectivity index (χ0) is 23.5. The van der Waals surface area contributed by atoms with Crippen LogP contribution in [0.5, 0.6) is 11.5 Å². The average molecular weight is 449 g/mol. The number of aryl methyl sites for hydroxylation is 1. The molecule has 7 nitrogen and oxygen atoms in total. The lowest BCUT2D eigenvalue weighted by molar-refractivity contribution is -0.128. The molecule has 0 radical (unpaired) electrons. The number of carbonyl (C=O) groups is 2. The lowest BCUT2D eigenvalue weighted by Crippen LogP contribution is -2.25. The number of carboxylic acid groups (broad SMARTS) is 1. The molecule has 1 aromatic heterocycles. The third-order valence-corrected chi connectivity index (χ3v) is 5.61. The number of aromatic carboxylic acids is 1. The maximum absolute atomic E-state index is 14.4. The van der Waals surface area contributed by atoms with E-state index in [9.17, 15) is 19.1 Å². The van der Waals surface area contributed by atoms with Gasteiger partial charge < -0.3 is 14.7 Å². The summed E-state index contributed by atoms with van der Waals surface area (Å²) in [7, 11) is 0. The summed E-state index contributed by atoms with van der Waals surface area (Å²) in [4.78, 5) is 25.3. The Balaban J connectivity index is 1.60. The number of benzene rings is 2. The normalized spacial score (nSPS) is 15.7. The first kappa shape index (κ1) is 22.4. The predicted octanol–water partition coefficient (Wildman–Crippen LogP) is 4.70. The molecule has 2 aromatic carbocycles. The standard InChI is InChI=1S/C25H24FN3O4/c1-3-18-6-9-22(28-27-18)16-4-7-19(8-5-16)33-23-12-20(25(31)32)21(26)11-17(23)14-29-13-15(2)10-24(29)30/h4-9,11-12,15H,3,10,13-14H2,1-2H3,(H,31,32)/t15-/m0/s1. The number of halogens is 1. The molecule has 0 saturated carbocycles. The van der Waals surface area contributed by atoms with Crippen molar-refractivity contribution in [3.05, 3.63) is 71.2 Å². The van der Waals surface area contributed by atoms with Crippen molar-refractivity contribution in [1.82, 2.24) is 15.1 Å². The van der Waals surface area contributed by atoms with Crippen molar-refractivity contribution in [2.24, 2.45) is 5.92 Å². The SMILES string of the molecule is CCc1ccc(-c2ccc(Oc3cc(C(=O)O)c(F)cc3CN3C[C@@H](C)CC3=O)cc2)nn1. The number of carboxylic acids is 1. The number of aromatic nitrogens is 2. The first-order valence-corrected chi connectivity index (χ1v) is 10.8. The lowest BCUT2D eigenvalue weighted by atomic mass is 10.1. The van der Waals surface area contributed by atoms with Crippen LogP contribution in [0, 0.1) is 11.7 Å². The highest BCUT2D eigenvalue weighted by atomic mass is 19.1. The molecular formula is C25H24FN3O4. The lowest BCUT2D eigenvalue weighted by Gasteiger charge is -2.19. The first-order valence-electron chi connectivity index (χ1n) is 10.8. The van der Waals surface area contributed by atoms with Crippen LogP contribution in [0.1, 0.15) is 41.9 Å². The number of rotatable bonds is 7. The van der Waals surface area contributed by atoms with E-state index in [1.165, 1.54) is 6.07 Å². The summed E-state index contributed by atoms with van der Waals surface area (Å²) in [5.41, 5.74) is 2.39. The Kier molecular flexibility index (Phi) is 6.35. The van der Waals surface area contributed by atoms with Gasteiger partial charge in [0.05, 0.1) is 17.0 Å². The summed E-state index contributed by atoms with van der Waals surface area (Å²) in [6.07, 6.45) is 1.25. The van der Waals surface area contributed by atoms with Gasteiger partial charge in [-0.1, -0.05) is 13.8 Å². The van der Waals surface area contributed by atoms with Crippen molar-refractivity contribution in [3.63, 3.8) is 0 Å². The second kappa shape index (κ2) is 9.36. The molecule has 1 aliphatic rings. The fourth-order valence-corrected chi connectivity index (χ4v) is 3.83. The molecule has 0 bridgehead atoms. The monoisotopic (exact) mass is 449 g/mol. The van der Waals surface area contributed by atoms with Gasteiger partial charge >= 0.3 is 5.97 Å². The molecule has 1 saturated heterocycles. The molecule has 1 amide bonds. The quantitative estimate of drug-likeness (QED) is 0.562. The third kappa shape index (κ3) is 5.00. The molecule has 170 valence electrons. The molecule has 4 rings (SSSR count). The Morgan fingerprint density at radius 1 is 1.18 bits per heavy atom. The van der Waals surface area contributed by atoms with E-state index in [0.29, 0.717) is 24.3 Å². The molecule has 1 aliphatic heterocycles. The second-order valence-corrected chi connectivity index (χ2v) is 8.22. The number of hydrogen-bond acceptors (Lipinski definition) is 5. The zero-order valence-corrected chi connectivity index (χ0v) is 18.4. The topological polar surface area (TPSA) is 92.6 Å². The Bertz CT molecular complexity index is 1180. The predicted molar refractivity (Wildman–Crippen MR) is 119 cm³/mol. The number of hydrogen-bond donors (Lipinski definition) is 1. The van der Waals surface area contributed by atoms with Crippen LogP contribution < -0.4 is 4.74 Å². The van der Waals surface area contributed by atoms with Gasteiger partial charge in [0.2, 0.25) is 5.91 Å². The summed E-state index contributed by atoms with van der Waals surface area (Å²) in [6, 6.07) is 13.2. The van der Waals surface area contributed by atoms with Gasteiger partial charge in [-0.2, -0.15) is 10.2 Å². The molecular weight excluding hydrogens is 425 g/mol. The van der Waals surface area contributed by atoms with Crippen LogP contribution in [-0.2, 0) is 17.8 Å². The fourth-order valence-electron chi connectivity index (χ4n) is 3.83. The fraction of sp³-hybridized carbons (Fsp3) is 0.280. The van der Waals surface area contributed by atoms with Crippen molar-refractivity contribution in [1.29, 1.82) is 0 Å². The summed E-state index contributed by atoms with van der Waals surface area (Å²) < 4.78 is 20.4. The van der Waals surface area contributed by atoms with Crippen LogP contribution in [0.15, 0.2) is 48.5 Å². The molecule has 1 fully saturated rings. The van der Waals surface area contributed by atoms with E-state index in [4.69, 9.17) is 4.74 Å². The Morgan fingerprint density at radius 3 is 2.52 bits per heavy atom. The minimum Gasteiger partial charge on any atom is -0.478 e. The molecule has 1 atom stereocenters. The molecule has 0 spiro atoms. The van der Waals surface area contributed by atoms with Crippen molar-refractivity contribution < 1.29 is 23.8 Å². The summed E-state index contributed by atoms with van der Waals surface area (Å²) in [5, 5.41) is 17.7. The van der Waals surface area contributed by atoms with Gasteiger partial charge in [0.1, 0.15) is 17.3 Å². The van der Waals surface area contributed by atoms with Gasteiger partial charge in [-0.05, 0) is 60.9 Å². The van der Waals surface area contributed by atoms with E-state index < -0.39 is 17.3 Å². The maximum Gasteiger partial charge on any atom is 0.338 e. The Labute approximate surface area is 190 Å². The maximum atomic E-state index is 14.4. The van der Waals surface area contributed by atoms with Crippen molar-refractivity contribution in [2.45, 2.75) is 33.2 Å². The van der Waals surface area contributed by atoms with E-state index in [1.54, 1.807) is 17.0 Å². The van der Waals surface area contributed by atoms with Gasteiger partial charge in [0.25, 0.3) is 0 Å². The number of amides is 1. The third-order valence-electron chi connectivity index (χ3n) is 5.61. The molecule has 0 aliphatic carbocycles. The highest BCUT2D eigenvalue weighted by Crippen LogP contribution is 2.32. The highest BCUT2D eigenvalue weighted by Gasteiger charge is 2.28. The molecule has 3 aromatic rings. The van der Waals surface area contributed by atoms with Gasteiger partial charge in [0.15, 0.2) is 0 Å². The van der Waals surface area contributed by atoms with Crippen LogP contribution in [-0.4, -0.2) is 38.6 Å². The molecule has 0 unspecified atom stereocenters. The number of carbonyl (C=O) groups excluding carboxylic acids is 1. The van der Waals surface area contributed by atoms with Gasteiger partial charge in [-0.25, -0.2) is 9.18 Å². The van der Waals surface area contributed by atoms with Crippen LogP contribution >= 0.6 is 0 Å². The van der Waals surface area contributed by atoms with Gasteiger partial charge in [-0.3, -0.25) is 4.79 Å². The average Bonchev–Trinajstić information content (AvgIpc) is 3.12. The zero-order valence-electron chi connectivity index (χ0n) is 18.4. The van der Waals surface area contributed by atoms with E-state index in [-0.39, 0.29) is 24.1 Å². The second-order valence-electron chi connectivity index (χ2n) is 8.22.